The minimum Gasteiger partial charge on any atom is -0.377 e. The number of nitrogens with one attached hydrogen (secondary N) is 2. The number of H-pyrrole nitrogens is 1. The number of nitrogens with zero attached hydrogens (tertiary/aromatic N) is 4. The van der Waals surface area contributed by atoms with Gasteiger partial charge in [0.1, 0.15) is 0 Å². The van der Waals surface area contributed by atoms with Crippen molar-refractivity contribution in [1.82, 2.24) is 25.1 Å². The smallest absolute Gasteiger partial charge is 0.159 e. The summed E-state index contributed by atoms with van der Waals surface area (Å²) >= 11 is 0. The van der Waals surface area contributed by atoms with Gasteiger partial charge in [-0.05, 0) is 49.3 Å². The standard InChI is InChI=1S/C24H29FN6/c1-2-16-5-3-6-19-20(7-8-22-21(19)13-28-30-22)23(16)24-26-11-17(12-27-24)29-18-14-31(15-18)10-4-9-25/h7-8,11-13,18,29H,2-6,9-10,14-15H2,1H3,(H,28,30). The second-order valence-electron chi connectivity index (χ2n) is 8.55. The summed E-state index contributed by atoms with van der Waals surface area (Å²) in [5, 5.41) is 12.0. The van der Waals surface area contributed by atoms with Crippen molar-refractivity contribution in [3.8, 4) is 0 Å². The summed E-state index contributed by atoms with van der Waals surface area (Å²) in [6.07, 6.45) is 10.6. The molecule has 1 aromatic carbocycles. The first-order valence-corrected chi connectivity index (χ1v) is 11.3. The molecule has 0 amide bonds. The van der Waals surface area contributed by atoms with Gasteiger partial charge in [-0.15, -0.1) is 0 Å². The van der Waals surface area contributed by atoms with Crippen LogP contribution in [0.5, 0.6) is 0 Å². The van der Waals surface area contributed by atoms with Crippen LogP contribution >= 0.6 is 0 Å². The predicted octanol–water partition coefficient (Wildman–Crippen LogP) is 4.36. The first-order valence-electron chi connectivity index (χ1n) is 11.3. The van der Waals surface area contributed by atoms with Gasteiger partial charge in [0.05, 0.1) is 42.5 Å². The Balaban J connectivity index is 1.39. The van der Waals surface area contributed by atoms with Crippen molar-refractivity contribution in [3.63, 3.8) is 0 Å². The molecule has 3 aromatic rings. The Kier molecular flexibility index (Phi) is 5.68. The lowest BCUT2D eigenvalue weighted by Gasteiger charge is -2.39. The maximum Gasteiger partial charge on any atom is 0.159 e. The predicted molar refractivity (Wildman–Crippen MR) is 122 cm³/mol. The minimum atomic E-state index is -0.241. The number of aromatic nitrogens is 4. The van der Waals surface area contributed by atoms with Crippen LogP contribution < -0.4 is 5.32 Å². The van der Waals surface area contributed by atoms with E-state index < -0.39 is 0 Å². The number of aromatic amines is 1. The number of fused-ring (bicyclic) bond motifs is 3. The second kappa shape index (κ2) is 8.75. The minimum absolute atomic E-state index is 0.241. The van der Waals surface area contributed by atoms with Crippen LogP contribution in [0.4, 0.5) is 10.1 Å². The van der Waals surface area contributed by atoms with E-state index in [1.807, 2.05) is 18.6 Å². The van der Waals surface area contributed by atoms with Gasteiger partial charge in [-0.3, -0.25) is 14.4 Å². The van der Waals surface area contributed by atoms with Crippen LogP contribution in [0, 0.1) is 0 Å². The van der Waals surface area contributed by atoms with Crippen LogP contribution in [0.15, 0.2) is 36.3 Å². The molecule has 0 bridgehead atoms. The molecule has 6 nitrogen and oxygen atoms in total. The Morgan fingerprint density at radius 2 is 2.00 bits per heavy atom. The van der Waals surface area contributed by atoms with E-state index in [4.69, 9.17) is 9.97 Å². The molecule has 1 fully saturated rings. The van der Waals surface area contributed by atoms with Gasteiger partial charge >= 0.3 is 0 Å². The highest BCUT2D eigenvalue weighted by molar-refractivity contribution is 5.91. The SMILES string of the molecule is CCC1=C(c2ncc(NC3CN(CCCF)C3)cn2)c2ccc3[nH]ncc3c2CCC1. The van der Waals surface area contributed by atoms with E-state index in [-0.39, 0.29) is 6.67 Å². The van der Waals surface area contributed by atoms with Crippen LogP contribution in [-0.2, 0) is 6.42 Å². The van der Waals surface area contributed by atoms with E-state index in [0.717, 1.165) is 62.3 Å². The van der Waals surface area contributed by atoms with Crippen molar-refractivity contribution >= 4 is 22.2 Å². The zero-order valence-corrected chi connectivity index (χ0v) is 18.0. The number of benzene rings is 1. The number of anilines is 1. The molecule has 1 aliphatic heterocycles. The lowest BCUT2D eigenvalue weighted by atomic mass is 9.93. The number of hydrogen-bond acceptors (Lipinski definition) is 5. The van der Waals surface area contributed by atoms with Gasteiger partial charge in [-0.2, -0.15) is 5.10 Å². The molecule has 2 aliphatic rings. The molecule has 1 saturated heterocycles. The third-order valence-electron chi connectivity index (χ3n) is 6.50. The van der Waals surface area contributed by atoms with Gasteiger partial charge in [0.2, 0.25) is 0 Å². The van der Waals surface area contributed by atoms with Crippen molar-refractivity contribution in [1.29, 1.82) is 0 Å². The van der Waals surface area contributed by atoms with E-state index in [0.29, 0.717) is 12.5 Å². The number of allylic oxidation sites excluding steroid dienone is 1. The highest BCUT2D eigenvalue weighted by Crippen LogP contribution is 2.37. The highest BCUT2D eigenvalue weighted by Gasteiger charge is 2.26. The molecule has 2 N–H and O–H groups in total. The molecule has 7 heteroatoms. The van der Waals surface area contributed by atoms with E-state index >= 15 is 0 Å². The molecular weight excluding hydrogens is 391 g/mol. The van der Waals surface area contributed by atoms with Gasteiger partial charge in [0, 0.05) is 30.6 Å². The van der Waals surface area contributed by atoms with Crippen molar-refractivity contribution < 1.29 is 4.39 Å². The Bertz CT molecular complexity index is 1080. The Morgan fingerprint density at radius 3 is 2.77 bits per heavy atom. The molecule has 3 heterocycles. The third kappa shape index (κ3) is 3.94. The molecule has 0 unspecified atom stereocenters. The van der Waals surface area contributed by atoms with Crippen LogP contribution in [0.1, 0.15) is 49.6 Å². The summed E-state index contributed by atoms with van der Waals surface area (Å²) in [6, 6.07) is 4.69. The van der Waals surface area contributed by atoms with E-state index in [1.54, 1.807) is 0 Å². The summed E-state index contributed by atoms with van der Waals surface area (Å²) < 4.78 is 12.3. The third-order valence-corrected chi connectivity index (χ3v) is 6.50. The fourth-order valence-corrected chi connectivity index (χ4v) is 4.90. The van der Waals surface area contributed by atoms with Crippen molar-refractivity contribution in [2.75, 3.05) is 31.6 Å². The molecule has 5 rings (SSSR count). The number of likely N-dealkylation sites (tertiary alicyclic amines) is 1. The summed E-state index contributed by atoms with van der Waals surface area (Å²) in [6.45, 7) is 4.70. The van der Waals surface area contributed by atoms with E-state index in [9.17, 15) is 4.39 Å². The van der Waals surface area contributed by atoms with Gasteiger partial charge in [0.25, 0.3) is 0 Å². The van der Waals surface area contributed by atoms with Crippen LogP contribution in [0.3, 0.4) is 0 Å². The highest BCUT2D eigenvalue weighted by atomic mass is 19.1. The van der Waals surface area contributed by atoms with Gasteiger partial charge < -0.3 is 5.32 Å². The zero-order chi connectivity index (χ0) is 21.2. The van der Waals surface area contributed by atoms with Crippen LogP contribution in [-0.4, -0.2) is 57.4 Å². The normalized spacial score (nSPS) is 17.5. The Labute approximate surface area is 182 Å². The fourth-order valence-electron chi connectivity index (χ4n) is 4.90. The van der Waals surface area contributed by atoms with Crippen molar-refractivity contribution in [2.24, 2.45) is 0 Å². The van der Waals surface area contributed by atoms with Crippen LogP contribution in [0.25, 0.3) is 16.5 Å². The number of hydrogen-bond donors (Lipinski definition) is 2. The van der Waals surface area contributed by atoms with Crippen molar-refractivity contribution in [3.05, 3.63) is 53.2 Å². The first kappa shape index (κ1) is 20.1. The molecular formula is C24H29FN6. The molecule has 1 aliphatic carbocycles. The monoisotopic (exact) mass is 420 g/mol. The van der Waals surface area contributed by atoms with E-state index in [1.165, 1.54) is 27.7 Å². The maximum atomic E-state index is 12.3. The molecule has 31 heavy (non-hydrogen) atoms. The lowest BCUT2D eigenvalue weighted by molar-refractivity contribution is 0.155. The van der Waals surface area contributed by atoms with E-state index in [2.05, 4.69) is 39.5 Å². The number of aryl methyl sites for hydroxylation is 1. The maximum absolute atomic E-state index is 12.3. The Morgan fingerprint density at radius 1 is 1.16 bits per heavy atom. The number of rotatable bonds is 7. The lowest BCUT2D eigenvalue weighted by Crippen LogP contribution is -2.54. The summed E-state index contributed by atoms with van der Waals surface area (Å²) in [4.78, 5) is 11.8. The largest absolute Gasteiger partial charge is 0.377 e. The van der Waals surface area contributed by atoms with Gasteiger partial charge in [0.15, 0.2) is 5.82 Å². The molecule has 0 atom stereocenters. The number of alkyl halides is 1. The molecule has 0 radical (unpaired) electrons. The molecule has 0 spiro atoms. The summed E-state index contributed by atoms with van der Waals surface area (Å²) in [7, 11) is 0. The first-order chi connectivity index (χ1) is 15.3. The van der Waals surface area contributed by atoms with Gasteiger partial charge in [-0.1, -0.05) is 18.6 Å². The number of halogens is 1. The summed E-state index contributed by atoms with van der Waals surface area (Å²) in [5.41, 5.74) is 7.22. The Hall–Kier alpha value is -2.80. The molecule has 162 valence electrons. The molecule has 2 aromatic heterocycles. The quantitative estimate of drug-likeness (QED) is 0.594. The van der Waals surface area contributed by atoms with Gasteiger partial charge in [-0.25, -0.2) is 9.97 Å². The average Bonchev–Trinajstić information content (AvgIpc) is 3.17. The average molecular weight is 421 g/mol. The van der Waals surface area contributed by atoms with Crippen LogP contribution in [0.2, 0.25) is 0 Å². The summed E-state index contributed by atoms with van der Waals surface area (Å²) in [5.74, 6) is 0.798. The van der Waals surface area contributed by atoms with Crippen molar-refractivity contribution in [2.45, 2.75) is 45.1 Å². The second-order valence-corrected chi connectivity index (χ2v) is 8.55. The fraction of sp³-hybridized carbons (Fsp3) is 0.458. The zero-order valence-electron chi connectivity index (χ0n) is 18.0. The topological polar surface area (TPSA) is 69.7 Å². The molecule has 0 saturated carbocycles.